The normalized spacial score (nSPS) is 13.2. The van der Waals surface area contributed by atoms with E-state index in [0.717, 1.165) is 11.3 Å². The number of ether oxygens (including phenoxy) is 2. The Morgan fingerprint density at radius 1 is 0.923 bits per heavy atom. The van der Waals surface area contributed by atoms with Gasteiger partial charge in [0.05, 0.1) is 25.6 Å². The van der Waals surface area contributed by atoms with Crippen LogP contribution >= 0.6 is 23.8 Å². The number of carbonyl (C=O) groups is 2. The predicted octanol–water partition coefficient (Wildman–Crippen LogP) is 4.85. The van der Waals surface area contributed by atoms with E-state index in [4.69, 9.17) is 33.3 Å². The van der Waals surface area contributed by atoms with Gasteiger partial charge in [-0.15, -0.1) is 0 Å². The molecule has 39 heavy (non-hydrogen) atoms. The molecule has 1 aliphatic heterocycles. The zero-order valence-corrected chi connectivity index (χ0v) is 23.2. The monoisotopic (exact) mass is 564 g/mol. The molecular formula is C29H29ClN4O4S. The highest BCUT2D eigenvalue weighted by Crippen LogP contribution is 2.30. The van der Waals surface area contributed by atoms with E-state index in [9.17, 15) is 9.59 Å². The molecule has 4 rings (SSSR count). The highest BCUT2D eigenvalue weighted by atomic mass is 35.5. The Morgan fingerprint density at radius 3 is 2.23 bits per heavy atom. The lowest BCUT2D eigenvalue weighted by Crippen LogP contribution is -2.48. The van der Waals surface area contributed by atoms with Gasteiger partial charge < -0.3 is 24.6 Å². The minimum atomic E-state index is -0.413. The fraction of sp³-hybridized carbons (Fsp3) is 0.207. The van der Waals surface area contributed by atoms with Crippen molar-refractivity contribution in [1.29, 1.82) is 0 Å². The molecule has 0 spiro atoms. The van der Waals surface area contributed by atoms with Crippen molar-refractivity contribution >= 4 is 58.2 Å². The maximum absolute atomic E-state index is 12.8. The number of piperazine rings is 1. The summed E-state index contributed by atoms with van der Waals surface area (Å²) in [6.45, 7) is 2.39. The SMILES string of the molecule is COc1cc(OC)cc(C(=O)NC(=S)Nc2cc(Cl)ccc2N2CCN(C(=O)/C=C/c3ccccc3)CC2)c1. The quantitative estimate of drug-likeness (QED) is 0.314. The zero-order valence-electron chi connectivity index (χ0n) is 21.6. The van der Waals surface area contributed by atoms with Crippen molar-refractivity contribution in [2.24, 2.45) is 0 Å². The summed E-state index contributed by atoms with van der Waals surface area (Å²) in [4.78, 5) is 29.5. The molecule has 0 saturated carbocycles. The van der Waals surface area contributed by atoms with Gasteiger partial charge >= 0.3 is 0 Å². The van der Waals surface area contributed by atoms with Gasteiger partial charge in [-0.1, -0.05) is 41.9 Å². The molecule has 1 heterocycles. The van der Waals surface area contributed by atoms with Crippen LogP contribution in [0.2, 0.25) is 5.02 Å². The number of amides is 2. The molecule has 202 valence electrons. The number of anilines is 2. The molecule has 2 N–H and O–H groups in total. The lowest BCUT2D eigenvalue weighted by Gasteiger charge is -2.36. The lowest BCUT2D eigenvalue weighted by atomic mass is 10.2. The number of hydrogen-bond acceptors (Lipinski definition) is 6. The van der Waals surface area contributed by atoms with Crippen molar-refractivity contribution in [1.82, 2.24) is 10.2 Å². The van der Waals surface area contributed by atoms with Crippen LogP contribution in [-0.4, -0.2) is 62.2 Å². The third kappa shape index (κ3) is 7.49. The summed E-state index contributed by atoms with van der Waals surface area (Å²) in [6, 6.07) is 20.1. The van der Waals surface area contributed by atoms with Crippen LogP contribution in [-0.2, 0) is 4.79 Å². The van der Waals surface area contributed by atoms with Gasteiger partial charge in [0.2, 0.25) is 5.91 Å². The highest BCUT2D eigenvalue weighted by molar-refractivity contribution is 7.80. The van der Waals surface area contributed by atoms with E-state index in [2.05, 4.69) is 15.5 Å². The van der Waals surface area contributed by atoms with Crippen LogP contribution in [0.3, 0.4) is 0 Å². The molecule has 1 aliphatic rings. The second-order valence-corrected chi connectivity index (χ2v) is 9.57. The first kappa shape index (κ1) is 27.9. The summed E-state index contributed by atoms with van der Waals surface area (Å²) < 4.78 is 10.5. The van der Waals surface area contributed by atoms with Crippen LogP contribution in [0.1, 0.15) is 15.9 Å². The molecule has 1 fully saturated rings. The zero-order chi connectivity index (χ0) is 27.8. The third-order valence-electron chi connectivity index (χ3n) is 6.20. The maximum Gasteiger partial charge on any atom is 0.257 e. The topological polar surface area (TPSA) is 83.1 Å². The first-order chi connectivity index (χ1) is 18.9. The summed E-state index contributed by atoms with van der Waals surface area (Å²) in [5.74, 6) is 0.544. The Morgan fingerprint density at radius 2 is 1.59 bits per heavy atom. The Bertz CT molecular complexity index is 1350. The first-order valence-electron chi connectivity index (χ1n) is 12.3. The van der Waals surface area contributed by atoms with E-state index in [0.29, 0.717) is 54.0 Å². The van der Waals surface area contributed by atoms with E-state index in [1.54, 1.807) is 36.4 Å². The molecule has 8 nitrogen and oxygen atoms in total. The van der Waals surface area contributed by atoms with Gasteiger partial charge in [0.1, 0.15) is 11.5 Å². The number of nitrogens with zero attached hydrogens (tertiary/aromatic N) is 2. The van der Waals surface area contributed by atoms with Gasteiger partial charge in [0, 0.05) is 48.9 Å². The molecule has 0 atom stereocenters. The van der Waals surface area contributed by atoms with E-state index in [1.807, 2.05) is 47.4 Å². The minimum Gasteiger partial charge on any atom is -0.497 e. The Labute approximate surface area is 238 Å². The van der Waals surface area contributed by atoms with Gasteiger partial charge in [-0.25, -0.2) is 0 Å². The minimum absolute atomic E-state index is 0.0222. The Balaban J connectivity index is 1.39. The first-order valence-corrected chi connectivity index (χ1v) is 13.1. The summed E-state index contributed by atoms with van der Waals surface area (Å²) >= 11 is 11.7. The van der Waals surface area contributed by atoms with Crippen molar-refractivity contribution in [2.75, 3.05) is 50.6 Å². The summed E-state index contributed by atoms with van der Waals surface area (Å²) in [7, 11) is 3.03. The predicted molar refractivity (Wildman–Crippen MR) is 159 cm³/mol. The average molecular weight is 565 g/mol. The Hall–Kier alpha value is -4.08. The number of hydrogen-bond donors (Lipinski definition) is 2. The van der Waals surface area contributed by atoms with Crippen molar-refractivity contribution in [3.8, 4) is 11.5 Å². The molecule has 0 bridgehead atoms. The van der Waals surface area contributed by atoms with E-state index >= 15 is 0 Å². The van der Waals surface area contributed by atoms with Crippen molar-refractivity contribution in [2.45, 2.75) is 0 Å². The molecule has 2 amide bonds. The largest absolute Gasteiger partial charge is 0.497 e. The van der Waals surface area contributed by atoms with Crippen LogP contribution in [0.5, 0.6) is 11.5 Å². The molecule has 0 unspecified atom stereocenters. The standard InChI is InChI=1S/C29H29ClN4O4S/c1-37-23-16-21(17-24(19-23)38-2)28(36)32-29(39)31-25-18-22(30)9-10-26(25)33-12-14-34(15-13-33)27(35)11-8-20-6-4-3-5-7-20/h3-11,16-19H,12-15H2,1-2H3,(H2,31,32,36,39)/b11-8+. The summed E-state index contributed by atoms with van der Waals surface area (Å²) in [5.41, 5.74) is 2.84. The van der Waals surface area contributed by atoms with Crippen LogP contribution in [0.4, 0.5) is 11.4 Å². The number of thiocarbonyl (C=S) groups is 1. The highest BCUT2D eigenvalue weighted by Gasteiger charge is 2.22. The number of nitrogens with one attached hydrogen (secondary N) is 2. The van der Waals surface area contributed by atoms with Gasteiger partial charge in [-0.05, 0) is 54.2 Å². The Kier molecular flexibility index (Phi) is 9.40. The smallest absolute Gasteiger partial charge is 0.257 e. The fourth-order valence-electron chi connectivity index (χ4n) is 4.16. The van der Waals surface area contributed by atoms with Crippen molar-refractivity contribution in [3.05, 3.63) is 89.0 Å². The van der Waals surface area contributed by atoms with E-state index < -0.39 is 5.91 Å². The fourth-order valence-corrected chi connectivity index (χ4v) is 4.53. The van der Waals surface area contributed by atoms with E-state index in [1.165, 1.54) is 14.2 Å². The molecule has 0 radical (unpaired) electrons. The molecule has 0 aromatic heterocycles. The maximum atomic E-state index is 12.8. The van der Waals surface area contributed by atoms with Gasteiger partial charge in [0.15, 0.2) is 5.11 Å². The number of halogens is 1. The van der Waals surface area contributed by atoms with Crippen molar-refractivity contribution < 1.29 is 19.1 Å². The molecule has 1 saturated heterocycles. The van der Waals surface area contributed by atoms with Crippen LogP contribution in [0.15, 0.2) is 72.8 Å². The number of benzene rings is 3. The van der Waals surface area contributed by atoms with Crippen molar-refractivity contribution in [3.63, 3.8) is 0 Å². The van der Waals surface area contributed by atoms with Gasteiger partial charge in [-0.3, -0.25) is 14.9 Å². The average Bonchev–Trinajstić information content (AvgIpc) is 2.96. The summed E-state index contributed by atoms with van der Waals surface area (Å²) in [6.07, 6.45) is 3.44. The molecule has 10 heteroatoms. The number of methoxy groups -OCH3 is 2. The van der Waals surface area contributed by atoms with Gasteiger partial charge in [0.25, 0.3) is 5.91 Å². The van der Waals surface area contributed by atoms with Gasteiger partial charge in [-0.2, -0.15) is 0 Å². The third-order valence-corrected chi connectivity index (χ3v) is 6.64. The lowest BCUT2D eigenvalue weighted by molar-refractivity contribution is -0.126. The number of rotatable bonds is 7. The second kappa shape index (κ2) is 13.1. The number of carbonyl (C=O) groups excluding carboxylic acids is 2. The van der Waals surface area contributed by atoms with Crippen LogP contribution in [0.25, 0.3) is 6.08 Å². The second-order valence-electron chi connectivity index (χ2n) is 8.73. The van der Waals surface area contributed by atoms with Crippen LogP contribution < -0.4 is 25.0 Å². The van der Waals surface area contributed by atoms with E-state index in [-0.39, 0.29) is 11.0 Å². The van der Waals surface area contributed by atoms with Crippen LogP contribution in [0, 0.1) is 0 Å². The molecule has 3 aromatic carbocycles. The molecular weight excluding hydrogens is 536 g/mol. The summed E-state index contributed by atoms with van der Waals surface area (Å²) in [5, 5.41) is 6.43. The molecule has 0 aliphatic carbocycles. The molecule has 3 aromatic rings.